The Morgan fingerprint density at radius 1 is 1.24 bits per heavy atom. The Bertz CT molecular complexity index is 438. The van der Waals surface area contributed by atoms with Gasteiger partial charge in [0.1, 0.15) is 0 Å². The Kier molecular flexibility index (Phi) is 6.74. The third kappa shape index (κ3) is 7.70. The predicted octanol–water partition coefficient (Wildman–Crippen LogP) is 1.44. The molecular weight excluding hydrogens is 244 g/mol. The van der Waals surface area contributed by atoms with Gasteiger partial charge in [0.2, 0.25) is 0 Å². The number of nitrogens with two attached hydrogens (primary N) is 1. The van der Waals surface area contributed by atoms with Crippen molar-refractivity contribution in [1.82, 2.24) is 0 Å². The number of hydrogen-bond acceptors (Lipinski definition) is 4. The van der Waals surface area contributed by atoms with E-state index >= 15 is 0 Å². The average molecular weight is 262 g/mol. The largest absolute Gasteiger partial charge is 0.394 e. The van der Waals surface area contributed by atoms with E-state index in [1.165, 1.54) is 11.1 Å². The molecule has 0 aliphatic heterocycles. The van der Waals surface area contributed by atoms with Gasteiger partial charge in [-0.05, 0) is 30.0 Å². The minimum Gasteiger partial charge on any atom is -0.324 e. The third-order valence-electron chi connectivity index (χ3n) is 2.12. The van der Waals surface area contributed by atoms with Crippen molar-refractivity contribution in [1.29, 1.82) is 0 Å². The minimum absolute atomic E-state index is 1.02. The number of hydrazine groups is 1. The number of aryl methyl sites for hydroxylation is 2. The molecule has 0 heterocycles. The lowest BCUT2D eigenvalue weighted by atomic mass is 10.1. The van der Waals surface area contributed by atoms with Crippen molar-refractivity contribution in [2.75, 3.05) is 5.43 Å². The Morgan fingerprint density at radius 2 is 1.76 bits per heavy atom. The van der Waals surface area contributed by atoms with E-state index in [-0.39, 0.29) is 0 Å². The van der Waals surface area contributed by atoms with Gasteiger partial charge in [-0.25, -0.2) is 0 Å². The van der Waals surface area contributed by atoms with Crippen LogP contribution in [0.15, 0.2) is 18.2 Å². The third-order valence-corrected chi connectivity index (χ3v) is 2.12. The molecule has 0 amide bonds. The Balaban J connectivity index is 0.000000437. The Hall–Kier alpha value is -1.15. The summed E-state index contributed by atoms with van der Waals surface area (Å²) in [6.07, 6.45) is 2.07. The maximum Gasteiger partial charge on any atom is 0.394 e. The molecule has 0 saturated heterocycles. The first-order valence-electron chi connectivity index (χ1n) is 5.10. The summed E-state index contributed by atoms with van der Waals surface area (Å²) in [5.74, 6) is 5.40. The van der Waals surface area contributed by atoms with Crippen molar-refractivity contribution in [3.8, 4) is 0 Å². The second kappa shape index (κ2) is 7.23. The number of nitrogens with one attached hydrogen (secondary N) is 1. The monoisotopic (exact) mass is 262 g/mol. The van der Waals surface area contributed by atoms with Gasteiger partial charge in [0.25, 0.3) is 0 Å². The maximum atomic E-state index is 8.74. The average Bonchev–Trinajstić information content (AvgIpc) is 2.25. The predicted molar refractivity (Wildman–Crippen MR) is 67.2 cm³/mol. The number of anilines is 1. The molecule has 98 valence electrons. The van der Waals surface area contributed by atoms with E-state index in [9.17, 15) is 0 Å². The molecule has 0 aromatic heterocycles. The molecule has 0 unspecified atom stereocenters. The van der Waals surface area contributed by atoms with E-state index in [1.54, 1.807) is 0 Å². The van der Waals surface area contributed by atoms with Crippen LogP contribution in [0.4, 0.5) is 5.69 Å². The summed E-state index contributed by atoms with van der Waals surface area (Å²) < 4.78 is 31.6. The van der Waals surface area contributed by atoms with Crippen molar-refractivity contribution in [2.24, 2.45) is 5.84 Å². The molecule has 6 nitrogen and oxygen atoms in total. The van der Waals surface area contributed by atoms with Crippen LogP contribution < -0.4 is 11.3 Å². The smallest absolute Gasteiger partial charge is 0.324 e. The first-order chi connectivity index (χ1) is 7.81. The summed E-state index contributed by atoms with van der Waals surface area (Å²) in [6, 6.07) is 6.40. The zero-order chi connectivity index (χ0) is 13.5. The fourth-order valence-corrected chi connectivity index (χ4v) is 1.29. The molecule has 0 fully saturated rings. The van der Waals surface area contributed by atoms with Crippen molar-refractivity contribution in [3.63, 3.8) is 0 Å². The molecule has 5 N–H and O–H groups in total. The Labute approximate surface area is 101 Å². The summed E-state index contributed by atoms with van der Waals surface area (Å²) in [7, 11) is -4.67. The first kappa shape index (κ1) is 15.9. The molecule has 7 heteroatoms. The van der Waals surface area contributed by atoms with Crippen molar-refractivity contribution in [2.45, 2.75) is 26.7 Å². The zero-order valence-corrected chi connectivity index (χ0v) is 10.7. The SMILES string of the molecule is CCc1ccc(CC)c(NN)c1.O=S(=O)(O)O. The quantitative estimate of drug-likeness (QED) is 0.372. The standard InChI is InChI=1S/C10H16N2.H2O4S/c1-3-8-5-6-9(4-2)10(7-8)12-11;1-5(2,3)4/h5-7,12H,3-4,11H2,1-2H3;(H2,1,2,3,4). The highest BCUT2D eigenvalue weighted by molar-refractivity contribution is 7.79. The van der Waals surface area contributed by atoms with E-state index in [4.69, 9.17) is 23.4 Å². The molecule has 0 atom stereocenters. The summed E-state index contributed by atoms with van der Waals surface area (Å²) in [5, 5.41) is 0. The summed E-state index contributed by atoms with van der Waals surface area (Å²) >= 11 is 0. The number of hydrogen-bond donors (Lipinski definition) is 4. The van der Waals surface area contributed by atoms with Crippen molar-refractivity contribution >= 4 is 16.1 Å². The molecule has 1 aromatic rings. The summed E-state index contributed by atoms with van der Waals surface area (Å²) in [5.41, 5.74) is 6.37. The molecule has 17 heavy (non-hydrogen) atoms. The Morgan fingerprint density at radius 3 is 2.12 bits per heavy atom. The van der Waals surface area contributed by atoms with E-state index in [2.05, 4.69) is 37.5 Å². The highest BCUT2D eigenvalue weighted by Crippen LogP contribution is 2.17. The summed E-state index contributed by atoms with van der Waals surface area (Å²) in [4.78, 5) is 0. The van der Waals surface area contributed by atoms with Gasteiger partial charge in [0.05, 0.1) is 5.69 Å². The van der Waals surface area contributed by atoms with Crippen LogP contribution in [0.2, 0.25) is 0 Å². The number of rotatable bonds is 3. The van der Waals surface area contributed by atoms with Gasteiger partial charge in [0, 0.05) is 0 Å². The second-order valence-electron chi connectivity index (χ2n) is 3.29. The van der Waals surface area contributed by atoms with Crippen LogP contribution in [0, 0.1) is 0 Å². The van der Waals surface area contributed by atoms with Crippen molar-refractivity contribution < 1.29 is 17.5 Å². The minimum atomic E-state index is -4.67. The zero-order valence-electron chi connectivity index (χ0n) is 9.84. The fraction of sp³-hybridized carbons (Fsp3) is 0.400. The van der Waals surface area contributed by atoms with Gasteiger partial charge >= 0.3 is 10.4 Å². The van der Waals surface area contributed by atoms with Crippen LogP contribution in [0.1, 0.15) is 25.0 Å². The topological polar surface area (TPSA) is 113 Å². The van der Waals surface area contributed by atoms with Gasteiger partial charge < -0.3 is 5.43 Å². The lowest BCUT2D eigenvalue weighted by molar-refractivity contribution is 0.381. The first-order valence-corrected chi connectivity index (χ1v) is 6.49. The van der Waals surface area contributed by atoms with E-state index < -0.39 is 10.4 Å². The van der Waals surface area contributed by atoms with Crippen LogP contribution in [0.5, 0.6) is 0 Å². The van der Waals surface area contributed by atoms with Gasteiger partial charge in [-0.15, -0.1) is 0 Å². The van der Waals surface area contributed by atoms with Gasteiger partial charge in [-0.1, -0.05) is 26.0 Å². The molecule has 1 aromatic carbocycles. The highest BCUT2D eigenvalue weighted by atomic mass is 32.3. The molecule has 1 rings (SSSR count). The summed E-state index contributed by atoms with van der Waals surface area (Å²) in [6.45, 7) is 4.27. The molecule has 0 bridgehead atoms. The number of benzene rings is 1. The van der Waals surface area contributed by atoms with E-state index in [0.29, 0.717) is 0 Å². The van der Waals surface area contributed by atoms with Gasteiger partial charge in [-0.3, -0.25) is 14.9 Å². The molecular formula is C10H18N2O4S. The van der Waals surface area contributed by atoms with E-state index in [1.807, 2.05) is 0 Å². The van der Waals surface area contributed by atoms with Gasteiger partial charge in [-0.2, -0.15) is 8.42 Å². The van der Waals surface area contributed by atoms with Gasteiger partial charge in [0.15, 0.2) is 0 Å². The highest BCUT2D eigenvalue weighted by Gasteiger charge is 1.98. The second-order valence-corrected chi connectivity index (χ2v) is 4.19. The van der Waals surface area contributed by atoms with E-state index in [0.717, 1.165) is 18.5 Å². The van der Waals surface area contributed by atoms with Crippen LogP contribution in [-0.4, -0.2) is 17.5 Å². The maximum absolute atomic E-state index is 8.74. The molecule has 0 aliphatic rings. The molecule has 0 aliphatic carbocycles. The fourth-order valence-electron chi connectivity index (χ4n) is 1.29. The van der Waals surface area contributed by atoms with Crippen LogP contribution in [0.3, 0.4) is 0 Å². The molecule has 0 saturated carbocycles. The van der Waals surface area contributed by atoms with Crippen LogP contribution in [-0.2, 0) is 23.2 Å². The van der Waals surface area contributed by atoms with Crippen LogP contribution >= 0.6 is 0 Å². The van der Waals surface area contributed by atoms with Crippen molar-refractivity contribution in [3.05, 3.63) is 29.3 Å². The molecule has 0 spiro atoms. The lowest BCUT2D eigenvalue weighted by Crippen LogP contribution is -2.09. The number of nitrogen functional groups attached to an aromatic ring is 1. The lowest BCUT2D eigenvalue weighted by Gasteiger charge is -2.08. The normalized spacial score (nSPS) is 10.4. The van der Waals surface area contributed by atoms with Crippen LogP contribution in [0.25, 0.3) is 0 Å². The molecule has 0 radical (unpaired) electrons.